The quantitative estimate of drug-likeness (QED) is 0.296. The van der Waals surface area contributed by atoms with Gasteiger partial charge in [-0.15, -0.1) is 10.8 Å². The Morgan fingerprint density at radius 3 is 2.76 bits per heavy atom. The summed E-state index contributed by atoms with van der Waals surface area (Å²) in [6, 6.07) is 13.3. The molecular weight excluding hydrogens is 502 g/mol. The van der Waals surface area contributed by atoms with E-state index in [0.29, 0.717) is 30.3 Å². The van der Waals surface area contributed by atoms with Gasteiger partial charge in [0.1, 0.15) is 16.7 Å². The summed E-state index contributed by atoms with van der Waals surface area (Å²) >= 11 is 0. The number of rotatable bonds is 10. The third kappa shape index (κ3) is 6.58. The van der Waals surface area contributed by atoms with Crippen molar-refractivity contribution in [3.8, 4) is 5.75 Å². The molecule has 1 unspecified atom stereocenters. The van der Waals surface area contributed by atoms with Crippen LogP contribution in [-0.2, 0) is 29.0 Å². The Kier molecular flexibility index (Phi) is 9.15. The zero-order chi connectivity index (χ0) is 27.3. The van der Waals surface area contributed by atoms with Crippen LogP contribution in [0.4, 0.5) is 0 Å². The molecule has 2 aromatic carbocycles. The Hall–Kier alpha value is -2.85. The Morgan fingerprint density at radius 1 is 1.24 bits per heavy atom. The molecule has 2 heterocycles. The average molecular weight is 542 g/mol. The molecule has 0 amide bonds. The summed E-state index contributed by atoms with van der Waals surface area (Å²) in [5, 5.41) is 4.37. The van der Waals surface area contributed by atoms with Gasteiger partial charge in [-0.1, -0.05) is 30.3 Å². The molecule has 0 radical (unpaired) electrons. The number of aromatic nitrogens is 2. The van der Waals surface area contributed by atoms with Gasteiger partial charge in [0.2, 0.25) is 0 Å². The summed E-state index contributed by atoms with van der Waals surface area (Å²) in [4.78, 5) is 12.9. The molecule has 0 saturated carbocycles. The molecule has 3 aromatic rings. The lowest BCUT2D eigenvalue weighted by molar-refractivity contribution is -0.143. The van der Waals surface area contributed by atoms with E-state index in [4.69, 9.17) is 9.47 Å². The number of fused-ring (bicyclic) bond motifs is 1. The number of hydrogen-bond donors (Lipinski definition) is 2. The molecule has 8 nitrogen and oxygen atoms in total. The van der Waals surface area contributed by atoms with Crippen LogP contribution in [0.3, 0.4) is 0 Å². The SMILES string of the molecule is CCOC(=O)CC(CCc1cnn(CC)c1)c1ccc(C)c(CN2C[C@@H](C)Oc3ccccc3S2(O)O)c1. The number of carbonyl (C=O) groups is 1. The summed E-state index contributed by atoms with van der Waals surface area (Å²) in [6.07, 6.45) is 5.58. The van der Waals surface area contributed by atoms with Crippen LogP contribution in [0.5, 0.6) is 5.75 Å². The average Bonchev–Trinajstić information content (AvgIpc) is 3.32. The Balaban J connectivity index is 1.60. The molecule has 0 saturated heterocycles. The van der Waals surface area contributed by atoms with Crippen molar-refractivity contribution in [3.63, 3.8) is 0 Å². The molecular formula is C29H39N3O5S. The summed E-state index contributed by atoms with van der Waals surface area (Å²) in [5.41, 5.74) is 4.22. The van der Waals surface area contributed by atoms with Gasteiger partial charge in [0.05, 0.1) is 25.8 Å². The fraction of sp³-hybridized carbons (Fsp3) is 0.448. The van der Waals surface area contributed by atoms with Crippen molar-refractivity contribution in [3.05, 3.63) is 77.1 Å². The summed E-state index contributed by atoms with van der Waals surface area (Å²) in [5.74, 6) is 0.257. The van der Waals surface area contributed by atoms with Gasteiger partial charge in [-0.2, -0.15) is 9.40 Å². The van der Waals surface area contributed by atoms with E-state index < -0.39 is 10.8 Å². The number of esters is 1. The van der Waals surface area contributed by atoms with Gasteiger partial charge in [0, 0.05) is 19.3 Å². The molecule has 0 aliphatic carbocycles. The van der Waals surface area contributed by atoms with Crippen LogP contribution < -0.4 is 4.74 Å². The van der Waals surface area contributed by atoms with Crippen molar-refractivity contribution in [2.24, 2.45) is 0 Å². The highest BCUT2D eigenvalue weighted by Crippen LogP contribution is 2.57. The van der Waals surface area contributed by atoms with E-state index in [1.165, 1.54) is 0 Å². The second kappa shape index (κ2) is 12.3. The number of nitrogens with zero attached hydrogens (tertiary/aromatic N) is 3. The maximum atomic E-state index is 12.5. The number of aryl methyl sites for hydroxylation is 3. The molecule has 4 rings (SSSR count). The first-order chi connectivity index (χ1) is 18.2. The first-order valence-electron chi connectivity index (χ1n) is 13.3. The number of carbonyl (C=O) groups excluding carboxylic acids is 1. The third-order valence-corrected chi connectivity index (χ3v) is 8.92. The van der Waals surface area contributed by atoms with E-state index in [9.17, 15) is 13.9 Å². The van der Waals surface area contributed by atoms with Crippen molar-refractivity contribution in [2.75, 3.05) is 13.2 Å². The van der Waals surface area contributed by atoms with E-state index in [1.807, 2.05) is 43.9 Å². The van der Waals surface area contributed by atoms with E-state index >= 15 is 0 Å². The van der Waals surface area contributed by atoms with Crippen molar-refractivity contribution in [2.45, 2.75) is 77.0 Å². The van der Waals surface area contributed by atoms with E-state index in [1.54, 1.807) is 22.5 Å². The van der Waals surface area contributed by atoms with Gasteiger partial charge in [0.15, 0.2) is 0 Å². The standard InChI is InChI=1S/C29H39N3O5S/c1-5-31-19-23(17-30-31)12-14-25(16-29(33)36-6-2)24-13-11-21(3)26(15-24)20-32-18-22(4)37-27-9-7-8-10-28(27)38(32,34)35/h7-11,13,15,17,19,22,25,34-35H,5-6,12,14,16,18,20H2,1-4H3/t22-,25?/m1/s1. The molecule has 9 heteroatoms. The van der Waals surface area contributed by atoms with Crippen molar-refractivity contribution in [1.29, 1.82) is 0 Å². The van der Waals surface area contributed by atoms with E-state index in [-0.39, 0.29) is 24.4 Å². The first-order valence-corrected chi connectivity index (χ1v) is 14.8. The van der Waals surface area contributed by atoms with Gasteiger partial charge in [0.25, 0.3) is 0 Å². The highest BCUT2D eigenvalue weighted by Gasteiger charge is 2.34. The second-order valence-corrected chi connectivity index (χ2v) is 11.8. The van der Waals surface area contributed by atoms with Crippen molar-refractivity contribution < 1.29 is 23.4 Å². The van der Waals surface area contributed by atoms with Gasteiger partial charge < -0.3 is 9.47 Å². The lowest BCUT2D eigenvalue weighted by atomic mass is 9.88. The monoisotopic (exact) mass is 541 g/mol. The molecule has 0 fully saturated rings. The predicted octanol–water partition coefficient (Wildman–Crippen LogP) is 6.19. The van der Waals surface area contributed by atoms with Crippen LogP contribution >= 0.6 is 10.8 Å². The largest absolute Gasteiger partial charge is 0.487 e. The normalized spacial score (nSPS) is 18.6. The Labute approximate surface area is 227 Å². The molecule has 1 aliphatic heterocycles. The van der Waals surface area contributed by atoms with E-state index in [2.05, 4.69) is 30.2 Å². The van der Waals surface area contributed by atoms with Gasteiger partial charge in [-0.05, 0) is 80.8 Å². The highest BCUT2D eigenvalue weighted by molar-refractivity contribution is 8.22. The highest BCUT2D eigenvalue weighted by atomic mass is 32.3. The smallest absolute Gasteiger partial charge is 0.306 e. The van der Waals surface area contributed by atoms with Crippen LogP contribution in [0.2, 0.25) is 0 Å². The number of hydrogen-bond acceptors (Lipinski definition) is 7. The fourth-order valence-corrected chi connectivity index (χ4v) is 6.54. The number of benzene rings is 2. The van der Waals surface area contributed by atoms with Crippen LogP contribution in [0.15, 0.2) is 59.8 Å². The van der Waals surface area contributed by atoms with Gasteiger partial charge in [-0.25, -0.2) is 0 Å². The molecule has 38 heavy (non-hydrogen) atoms. The maximum absolute atomic E-state index is 12.5. The second-order valence-electron chi connectivity index (χ2n) is 9.85. The topological polar surface area (TPSA) is 97.1 Å². The van der Waals surface area contributed by atoms with E-state index in [0.717, 1.165) is 41.6 Å². The summed E-state index contributed by atoms with van der Waals surface area (Å²) < 4.78 is 37.6. The molecule has 1 aliphatic rings. The summed E-state index contributed by atoms with van der Waals surface area (Å²) in [6.45, 7) is 9.71. The minimum absolute atomic E-state index is 0.0362. The summed E-state index contributed by atoms with van der Waals surface area (Å²) in [7, 11) is -3.25. The zero-order valence-electron chi connectivity index (χ0n) is 22.7. The molecule has 1 aromatic heterocycles. The van der Waals surface area contributed by atoms with Crippen LogP contribution in [0.1, 0.15) is 61.8 Å². The molecule has 0 bridgehead atoms. The molecule has 2 atom stereocenters. The zero-order valence-corrected chi connectivity index (χ0v) is 23.5. The first kappa shape index (κ1) is 28.2. The third-order valence-electron chi connectivity index (χ3n) is 7.00. The van der Waals surface area contributed by atoms with Crippen LogP contribution in [0, 0.1) is 6.92 Å². The molecule has 2 N–H and O–H groups in total. The van der Waals surface area contributed by atoms with Gasteiger partial charge >= 0.3 is 5.97 Å². The van der Waals surface area contributed by atoms with Crippen molar-refractivity contribution in [1.82, 2.24) is 14.1 Å². The molecule has 0 spiro atoms. The minimum atomic E-state index is -3.25. The fourth-order valence-electron chi connectivity index (χ4n) is 4.87. The van der Waals surface area contributed by atoms with Crippen molar-refractivity contribution >= 4 is 16.7 Å². The van der Waals surface area contributed by atoms with Gasteiger partial charge in [-0.3, -0.25) is 18.6 Å². The maximum Gasteiger partial charge on any atom is 0.306 e. The number of ether oxygens (including phenoxy) is 2. The lowest BCUT2D eigenvalue weighted by Crippen LogP contribution is -2.33. The Bertz CT molecular complexity index is 1240. The lowest BCUT2D eigenvalue weighted by Gasteiger charge is -2.42. The van der Waals surface area contributed by atoms with Crippen LogP contribution in [0.25, 0.3) is 0 Å². The minimum Gasteiger partial charge on any atom is -0.487 e. The Morgan fingerprint density at radius 2 is 2.03 bits per heavy atom. The number of para-hydroxylation sites is 1. The van der Waals surface area contributed by atoms with Crippen LogP contribution in [-0.4, -0.2) is 48.4 Å². The predicted molar refractivity (Wildman–Crippen MR) is 149 cm³/mol. The molecule has 206 valence electrons.